The van der Waals surface area contributed by atoms with Crippen LogP contribution in [0.1, 0.15) is 25.7 Å². The van der Waals surface area contributed by atoms with Gasteiger partial charge in [0.2, 0.25) is 0 Å². The molecule has 144 valence electrons. The summed E-state index contributed by atoms with van der Waals surface area (Å²) < 4.78 is 36.2. The van der Waals surface area contributed by atoms with Crippen LogP contribution in [0, 0.1) is 5.92 Å². The van der Waals surface area contributed by atoms with Gasteiger partial charge in [-0.25, -0.2) is 0 Å². The van der Waals surface area contributed by atoms with Gasteiger partial charge in [0, 0.05) is 39.9 Å². The second-order valence-electron chi connectivity index (χ2n) is 5.86. The van der Waals surface area contributed by atoms with Crippen LogP contribution in [0.3, 0.4) is 0 Å². The van der Waals surface area contributed by atoms with E-state index in [4.69, 9.17) is 23.5 Å². The number of cyclic esters (lactones) is 1. The van der Waals surface area contributed by atoms with Gasteiger partial charge in [-0.3, -0.25) is 18.9 Å². The predicted octanol–water partition coefficient (Wildman–Crippen LogP) is 1.33. The first-order valence-electron chi connectivity index (χ1n) is 7.97. The summed E-state index contributed by atoms with van der Waals surface area (Å²) in [7, 11) is -1.05. The molecule has 1 fully saturated rings. The molecule has 1 aliphatic rings. The third kappa shape index (κ3) is 9.00. The molecule has 2 unspecified atom stereocenters. The van der Waals surface area contributed by atoms with E-state index >= 15 is 0 Å². The molecular formula is C15H25O9P. The van der Waals surface area contributed by atoms with E-state index in [0.717, 1.165) is 0 Å². The van der Waals surface area contributed by atoms with E-state index in [1.807, 2.05) is 0 Å². The Kier molecular flexibility index (Phi) is 9.10. The summed E-state index contributed by atoms with van der Waals surface area (Å²) in [6.45, 7) is 3.61. The van der Waals surface area contributed by atoms with Gasteiger partial charge in [0.25, 0.3) is 6.29 Å². The van der Waals surface area contributed by atoms with Crippen molar-refractivity contribution in [1.82, 2.24) is 0 Å². The van der Waals surface area contributed by atoms with E-state index < -0.39 is 37.5 Å². The van der Waals surface area contributed by atoms with Gasteiger partial charge in [0.1, 0.15) is 5.92 Å². The Bertz CT molecular complexity index is 513. The van der Waals surface area contributed by atoms with E-state index in [-0.39, 0.29) is 26.1 Å². The average Bonchev–Trinajstić information content (AvgIpc) is 2.86. The fraction of sp³-hybridized carbons (Fsp3) is 0.800. The molecule has 10 heteroatoms. The molecule has 0 aromatic rings. The molecule has 1 aliphatic heterocycles. The van der Waals surface area contributed by atoms with Gasteiger partial charge >= 0.3 is 17.9 Å². The molecule has 0 radical (unpaired) electrons. The summed E-state index contributed by atoms with van der Waals surface area (Å²) >= 11 is 0. The Hall–Kier alpha value is -1.44. The maximum Gasteiger partial charge on any atom is 0.317 e. The van der Waals surface area contributed by atoms with Crippen LogP contribution >= 0.6 is 7.37 Å². The highest BCUT2D eigenvalue weighted by Crippen LogP contribution is 2.37. The first kappa shape index (κ1) is 21.6. The molecule has 0 bridgehead atoms. The zero-order valence-corrected chi connectivity index (χ0v) is 15.6. The monoisotopic (exact) mass is 380 g/mol. The van der Waals surface area contributed by atoms with Gasteiger partial charge in [-0.1, -0.05) is 0 Å². The van der Waals surface area contributed by atoms with Gasteiger partial charge in [-0.15, -0.1) is 0 Å². The largest absolute Gasteiger partial charge is 0.465 e. The molecule has 0 aromatic heterocycles. The van der Waals surface area contributed by atoms with Crippen LogP contribution in [0.2, 0.25) is 0 Å². The van der Waals surface area contributed by atoms with Crippen molar-refractivity contribution in [2.45, 2.75) is 32.0 Å². The predicted molar refractivity (Wildman–Crippen MR) is 86.2 cm³/mol. The minimum Gasteiger partial charge on any atom is -0.465 e. The van der Waals surface area contributed by atoms with Crippen LogP contribution in [0.4, 0.5) is 0 Å². The summed E-state index contributed by atoms with van der Waals surface area (Å²) in [6, 6.07) is 0. The standard InChI is InChI=1S/C15H25O9P/c1-20-7-4-6-12(16)23-15-11(10-13(17)24-15)14(18)21-8-5-9-22-25(2,3)19/h11,15H,4-10H2,1-3H3. The first-order valence-corrected chi connectivity index (χ1v) is 10.5. The Balaban J connectivity index is 2.37. The van der Waals surface area contributed by atoms with Crippen LogP contribution in [0.15, 0.2) is 0 Å². The number of esters is 3. The van der Waals surface area contributed by atoms with E-state index in [0.29, 0.717) is 19.4 Å². The topological polar surface area (TPSA) is 114 Å². The van der Waals surface area contributed by atoms with Crippen molar-refractivity contribution >= 4 is 25.3 Å². The minimum atomic E-state index is -2.57. The lowest BCUT2D eigenvalue weighted by molar-refractivity contribution is -0.186. The number of carbonyl (C=O) groups is 3. The van der Waals surface area contributed by atoms with E-state index in [2.05, 4.69) is 0 Å². The highest BCUT2D eigenvalue weighted by molar-refractivity contribution is 7.57. The lowest BCUT2D eigenvalue weighted by Crippen LogP contribution is -2.30. The maximum atomic E-state index is 12.0. The third-order valence-electron chi connectivity index (χ3n) is 3.18. The second kappa shape index (κ2) is 10.5. The van der Waals surface area contributed by atoms with E-state index in [1.165, 1.54) is 20.4 Å². The minimum absolute atomic E-state index is 0.0397. The molecule has 0 N–H and O–H groups in total. The molecule has 25 heavy (non-hydrogen) atoms. The molecule has 0 saturated carbocycles. The van der Waals surface area contributed by atoms with E-state index in [9.17, 15) is 18.9 Å². The number of carbonyl (C=O) groups excluding carboxylic acids is 3. The van der Waals surface area contributed by atoms with Gasteiger partial charge in [0.05, 0.1) is 19.6 Å². The number of methoxy groups -OCH3 is 1. The highest BCUT2D eigenvalue weighted by Gasteiger charge is 2.43. The smallest absolute Gasteiger partial charge is 0.317 e. The van der Waals surface area contributed by atoms with Crippen molar-refractivity contribution in [1.29, 1.82) is 0 Å². The van der Waals surface area contributed by atoms with Crippen molar-refractivity contribution in [2.75, 3.05) is 40.3 Å². The third-order valence-corrected chi connectivity index (χ3v) is 3.98. The molecule has 0 spiro atoms. The molecule has 0 aromatic carbocycles. The molecule has 1 saturated heterocycles. The zero-order chi connectivity index (χ0) is 18.9. The summed E-state index contributed by atoms with van der Waals surface area (Å²) in [4.78, 5) is 35.1. The Morgan fingerprint density at radius 3 is 2.56 bits per heavy atom. The number of hydrogen-bond acceptors (Lipinski definition) is 9. The normalized spacial score (nSPS) is 20.2. The second-order valence-corrected chi connectivity index (χ2v) is 8.62. The van der Waals surface area contributed by atoms with Crippen molar-refractivity contribution in [2.24, 2.45) is 5.92 Å². The molecule has 2 atom stereocenters. The molecule has 9 nitrogen and oxygen atoms in total. The average molecular weight is 380 g/mol. The van der Waals surface area contributed by atoms with Gasteiger partial charge in [-0.2, -0.15) is 0 Å². The van der Waals surface area contributed by atoms with Gasteiger partial charge in [0.15, 0.2) is 7.37 Å². The van der Waals surface area contributed by atoms with Crippen LogP contribution in [0.5, 0.6) is 0 Å². The fourth-order valence-corrected chi connectivity index (χ4v) is 2.58. The number of hydrogen-bond donors (Lipinski definition) is 0. The van der Waals surface area contributed by atoms with Crippen molar-refractivity contribution < 1.29 is 42.4 Å². The highest BCUT2D eigenvalue weighted by atomic mass is 31.2. The lowest BCUT2D eigenvalue weighted by Gasteiger charge is -2.17. The van der Waals surface area contributed by atoms with E-state index in [1.54, 1.807) is 0 Å². The summed E-state index contributed by atoms with van der Waals surface area (Å²) in [6.07, 6.45) is -0.554. The summed E-state index contributed by atoms with van der Waals surface area (Å²) in [5.74, 6) is -2.87. The SMILES string of the molecule is COCCCC(=O)OC1OC(=O)CC1C(=O)OCCCOP(C)(C)=O. The van der Waals surface area contributed by atoms with Gasteiger partial charge < -0.3 is 23.5 Å². The fourth-order valence-electron chi connectivity index (χ4n) is 2.01. The summed E-state index contributed by atoms with van der Waals surface area (Å²) in [5, 5.41) is 0. The Morgan fingerprint density at radius 2 is 1.92 bits per heavy atom. The zero-order valence-electron chi connectivity index (χ0n) is 14.7. The van der Waals surface area contributed by atoms with Crippen molar-refractivity contribution in [3.8, 4) is 0 Å². The van der Waals surface area contributed by atoms with Crippen LogP contribution < -0.4 is 0 Å². The molecule has 0 aliphatic carbocycles. The summed E-state index contributed by atoms with van der Waals surface area (Å²) in [5.41, 5.74) is 0. The molecule has 1 heterocycles. The van der Waals surface area contributed by atoms with Crippen LogP contribution in [-0.4, -0.2) is 64.5 Å². The Morgan fingerprint density at radius 1 is 1.20 bits per heavy atom. The number of ether oxygens (including phenoxy) is 4. The quantitative estimate of drug-likeness (QED) is 0.297. The molecule has 0 amide bonds. The van der Waals surface area contributed by atoms with Crippen LogP contribution in [0.25, 0.3) is 0 Å². The van der Waals surface area contributed by atoms with Crippen molar-refractivity contribution in [3.63, 3.8) is 0 Å². The lowest BCUT2D eigenvalue weighted by atomic mass is 10.1. The molecular weight excluding hydrogens is 355 g/mol. The first-order chi connectivity index (χ1) is 11.7. The maximum absolute atomic E-state index is 12.0. The van der Waals surface area contributed by atoms with Gasteiger partial charge in [-0.05, 0) is 6.42 Å². The molecule has 1 rings (SSSR count). The van der Waals surface area contributed by atoms with Crippen LogP contribution in [-0.2, 0) is 42.4 Å². The van der Waals surface area contributed by atoms with Crippen molar-refractivity contribution in [3.05, 3.63) is 0 Å². The number of rotatable bonds is 11. The Labute approximate surface area is 146 Å².